The molecule has 0 spiro atoms. The molecule has 1 saturated carbocycles. The predicted molar refractivity (Wildman–Crippen MR) is 185 cm³/mol. The van der Waals surface area contributed by atoms with Gasteiger partial charge in [0.1, 0.15) is 0 Å². The Morgan fingerprint density at radius 2 is 0.837 bits per heavy atom. The van der Waals surface area contributed by atoms with Gasteiger partial charge in [-0.2, -0.15) is 0 Å². The Hall–Kier alpha value is -0.770. The van der Waals surface area contributed by atoms with Crippen LogP contribution in [-0.2, 0) is 4.79 Å². The molecule has 5 rings (SSSR count). The molecule has 0 aromatic rings. The molecule has 4 heterocycles. The zero-order valence-corrected chi connectivity index (χ0v) is 30.4. The van der Waals surface area contributed by atoms with E-state index in [9.17, 15) is 4.79 Å². The molecule has 254 valence electrons. The standard InChI is InChI=1S/C10H20N2.C9H18N2O.C8H18N2.C8H17N/c1-9(2)11-5-7-12(8-6-11)10-3-4-10;1-8(2)10-4-6-11(7-5-10)9(3)12;1-8(2)10-6-4-9(3)5-7-10;1-8(2)9-6-4-3-5-7-9/h9-10H,3-8H2,1-2H3;8H,4-7H2,1-3H3;8H,4-7H2,1-3H3;8H,3-7H2,1-2H3. The van der Waals surface area contributed by atoms with Gasteiger partial charge in [0.2, 0.25) is 5.91 Å². The van der Waals surface area contributed by atoms with Crippen molar-refractivity contribution in [1.29, 1.82) is 0 Å². The second-order valence-corrected chi connectivity index (χ2v) is 14.7. The van der Waals surface area contributed by atoms with E-state index in [2.05, 4.69) is 91.8 Å². The van der Waals surface area contributed by atoms with Gasteiger partial charge in [-0.3, -0.25) is 24.4 Å². The van der Waals surface area contributed by atoms with Gasteiger partial charge in [-0.1, -0.05) is 6.42 Å². The van der Waals surface area contributed by atoms with E-state index < -0.39 is 0 Å². The highest BCUT2D eigenvalue weighted by atomic mass is 16.2. The summed E-state index contributed by atoms with van der Waals surface area (Å²) in [5, 5.41) is 0. The summed E-state index contributed by atoms with van der Waals surface area (Å²) >= 11 is 0. The number of likely N-dealkylation sites (tertiary alicyclic amines) is 1. The topological polar surface area (TPSA) is 39.8 Å². The van der Waals surface area contributed by atoms with Gasteiger partial charge in [0.05, 0.1) is 0 Å². The molecule has 5 aliphatic rings. The first-order valence-corrected chi connectivity index (χ1v) is 18.0. The van der Waals surface area contributed by atoms with E-state index in [1.165, 1.54) is 97.6 Å². The van der Waals surface area contributed by atoms with Crippen LogP contribution >= 0.6 is 0 Å². The largest absolute Gasteiger partial charge is 0.340 e. The fraction of sp³-hybridized carbons (Fsp3) is 0.971. The molecule has 4 saturated heterocycles. The van der Waals surface area contributed by atoms with E-state index in [0.717, 1.165) is 50.3 Å². The highest BCUT2D eigenvalue weighted by molar-refractivity contribution is 5.73. The molecule has 8 heteroatoms. The maximum Gasteiger partial charge on any atom is 0.219 e. The molecule has 0 N–H and O–H groups in total. The highest BCUT2D eigenvalue weighted by Gasteiger charge is 2.31. The molecule has 0 radical (unpaired) electrons. The highest BCUT2D eigenvalue weighted by Crippen LogP contribution is 2.27. The van der Waals surface area contributed by atoms with Crippen LogP contribution in [0.15, 0.2) is 0 Å². The average molecular weight is 608 g/mol. The third-order valence-electron chi connectivity index (χ3n) is 10.0. The van der Waals surface area contributed by atoms with Gasteiger partial charge in [-0.05, 0) is 101 Å². The van der Waals surface area contributed by atoms with Crippen LogP contribution in [0.5, 0.6) is 0 Å². The van der Waals surface area contributed by atoms with Crippen molar-refractivity contribution >= 4 is 5.91 Å². The summed E-state index contributed by atoms with van der Waals surface area (Å²) in [6.07, 6.45) is 7.20. The Labute approximate surface area is 268 Å². The summed E-state index contributed by atoms with van der Waals surface area (Å²) < 4.78 is 0. The fourth-order valence-corrected chi connectivity index (χ4v) is 6.38. The zero-order valence-electron chi connectivity index (χ0n) is 30.4. The third-order valence-corrected chi connectivity index (χ3v) is 10.0. The normalized spacial score (nSPS) is 23.9. The Bertz CT molecular complexity index is 702. The molecular formula is C35H73N7O. The Morgan fingerprint density at radius 1 is 0.488 bits per heavy atom. The molecular weight excluding hydrogens is 534 g/mol. The molecule has 0 unspecified atom stereocenters. The molecule has 0 aromatic heterocycles. The van der Waals surface area contributed by atoms with Crippen LogP contribution in [0.4, 0.5) is 0 Å². The number of nitrogens with zero attached hydrogens (tertiary/aromatic N) is 7. The van der Waals surface area contributed by atoms with E-state index in [4.69, 9.17) is 0 Å². The molecule has 5 fully saturated rings. The summed E-state index contributed by atoms with van der Waals surface area (Å²) in [6.45, 7) is 36.4. The van der Waals surface area contributed by atoms with Crippen molar-refractivity contribution in [3.05, 3.63) is 0 Å². The summed E-state index contributed by atoms with van der Waals surface area (Å²) in [6, 6.07) is 3.82. The lowest BCUT2D eigenvalue weighted by atomic mass is 10.1. The van der Waals surface area contributed by atoms with Crippen molar-refractivity contribution in [2.24, 2.45) is 0 Å². The maximum absolute atomic E-state index is 11.0. The minimum absolute atomic E-state index is 0.207. The molecule has 1 amide bonds. The number of amides is 1. The number of carbonyl (C=O) groups is 1. The van der Waals surface area contributed by atoms with Gasteiger partial charge >= 0.3 is 0 Å². The minimum atomic E-state index is 0.207. The van der Waals surface area contributed by atoms with Crippen molar-refractivity contribution in [3.8, 4) is 0 Å². The fourth-order valence-electron chi connectivity index (χ4n) is 6.38. The average Bonchev–Trinajstić information content (AvgIpc) is 3.85. The monoisotopic (exact) mass is 608 g/mol. The quantitative estimate of drug-likeness (QED) is 0.463. The first-order valence-electron chi connectivity index (χ1n) is 18.0. The smallest absolute Gasteiger partial charge is 0.219 e. The Kier molecular flexibility index (Phi) is 18.2. The van der Waals surface area contributed by atoms with Crippen molar-refractivity contribution < 1.29 is 4.79 Å². The lowest BCUT2D eigenvalue weighted by Gasteiger charge is -2.37. The zero-order chi connectivity index (χ0) is 31.9. The van der Waals surface area contributed by atoms with Crippen LogP contribution < -0.4 is 0 Å². The first kappa shape index (κ1) is 38.4. The van der Waals surface area contributed by atoms with Crippen LogP contribution in [-0.4, -0.2) is 169 Å². The number of piperidine rings is 1. The summed E-state index contributed by atoms with van der Waals surface area (Å²) in [5.41, 5.74) is 0. The molecule has 43 heavy (non-hydrogen) atoms. The Morgan fingerprint density at radius 3 is 1.16 bits per heavy atom. The van der Waals surface area contributed by atoms with E-state index in [-0.39, 0.29) is 5.91 Å². The van der Waals surface area contributed by atoms with Crippen molar-refractivity contribution in [2.75, 3.05) is 98.7 Å². The van der Waals surface area contributed by atoms with E-state index in [0.29, 0.717) is 6.04 Å². The first-order chi connectivity index (χ1) is 20.4. The molecule has 1 aliphatic carbocycles. The Balaban J connectivity index is 0.000000202. The second kappa shape index (κ2) is 20.4. The third kappa shape index (κ3) is 15.4. The van der Waals surface area contributed by atoms with Gasteiger partial charge in [-0.15, -0.1) is 0 Å². The van der Waals surface area contributed by atoms with E-state index in [1.54, 1.807) is 6.92 Å². The van der Waals surface area contributed by atoms with Crippen molar-refractivity contribution in [3.63, 3.8) is 0 Å². The molecule has 0 atom stereocenters. The van der Waals surface area contributed by atoms with Crippen molar-refractivity contribution in [1.82, 2.24) is 34.3 Å². The maximum atomic E-state index is 11.0. The minimum Gasteiger partial charge on any atom is -0.340 e. The lowest BCUT2D eigenvalue weighted by Crippen LogP contribution is -2.50. The number of hydrogen-bond donors (Lipinski definition) is 0. The van der Waals surface area contributed by atoms with E-state index in [1.807, 2.05) is 4.90 Å². The number of rotatable bonds is 5. The molecule has 0 bridgehead atoms. The number of carbonyl (C=O) groups excluding carboxylic acids is 1. The number of hydrogen-bond acceptors (Lipinski definition) is 7. The van der Waals surface area contributed by atoms with Crippen molar-refractivity contribution in [2.45, 2.75) is 125 Å². The van der Waals surface area contributed by atoms with Crippen LogP contribution in [0, 0.1) is 0 Å². The summed E-state index contributed by atoms with van der Waals surface area (Å²) in [4.78, 5) is 28.0. The van der Waals surface area contributed by atoms with Gasteiger partial charge in [0, 0.05) is 116 Å². The van der Waals surface area contributed by atoms with Crippen LogP contribution in [0.1, 0.15) is 94.4 Å². The summed E-state index contributed by atoms with van der Waals surface area (Å²) in [5.74, 6) is 0.207. The van der Waals surface area contributed by atoms with Crippen LogP contribution in [0.25, 0.3) is 0 Å². The number of likely N-dealkylation sites (N-methyl/N-ethyl adjacent to an activating group) is 1. The lowest BCUT2D eigenvalue weighted by molar-refractivity contribution is -0.130. The second-order valence-electron chi connectivity index (χ2n) is 14.7. The molecule has 4 aliphatic heterocycles. The molecule has 0 aromatic carbocycles. The van der Waals surface area contributed by atoms with Gasteiger partial charge in [0.15, 0.2) is 0 Å². The number of piperazine rings is 3. The molecule has 8 nitrogen and oxygen atoms in total. The SMILES string of the molecule is CC(=O)N1CCN(C(C)C)CC1.CC(C)N1CCCCC1.CC(C)N1CCN(C)CC1.CC(C)N1CCN(C2CC2)CC1. The van der Waals surface area contributed by atoms with E-state index >= 15 is 0 Å². The van der Waals surface area contributed by atoms with Crippen LogP contribution in [0.2, 0.25) is 0 Å². The predicted octanol–water partition coefficient (Wildman–Crippen LogP) is 4.26. The van der Waals surface area contributed by atoms with Gasteiger partial charge in [-0.25, -0.2) is 0 Å². The van der Waals surface area contributed by atoms with Gasteiger partial charge < -0.3 is 14.7 Å². The summed E-state index contributed by atoms with van der Waals surface area (Å²) in [7, 11) is 2.19. The van der Waals surface area contributed by atoms with Gasteiger partial charge in [0.25, 0.3) is 0 Å². The van der Waals surface area contributed by atoms with Crippen LogP contribution in [0.3, 0.4) is 0 Å².